The molecule has 112 valence electrons. The predicted molar refractivity (Wildman–Crippen MR) is 92.0 cm³/mol. The minimum atomic E-state index is 0.383. The van der Waals surface area contributed by atoms with Crippen molar-refractivity contribution in [3.63, 3.8) is 0 Å². The highest BCUT2D eigenvalue weighted by molar-refractivity contribution is 7.99. The molecule has 1 N–H and O–H groups in total. The van der Waals surface area contributed by atoms with Crippen LogP contribution in [-0.2, 0) is 0 Å². The van der Waals surface area contributed by atoms with E-state index in [0.29, 0.717) is 6.04 Å². The molecule has 2 rings (SSSR count). The van der Waals surface area contributed by atoms with Gasteiger partial charge in [-0.1, -0.05) is 24.6 Å². The van der Waals surface area contributed by atoms with Gasteiger partial charge in [-0.2, -0.15) is 0 Å². The van der Waals surface area contributed by atoms with Crippen molar-refractivity contribution < 1.29 is 0 Å². The Balaban J connectivity index is 2.19. The lowest BCUT2D eigenvalue weighted by molar-refractivity contribution is 0.600. The van der Waals surface area contributed by atoms with Crippen molar-refractivity contribution >= 4 is 11.8 Å². The minimum Gasteiger partial charge on any atom is -0.309 e. The maximum Gasteiger partial charge on any atom is 0.0420 e. The average Bonchev–Trinajstić information content (AvgIpc) is 2.45. The first-order chi connectivity index (χ1) is 10.1. The highest BCUT2D eigenvalue weighted by atomic mass is 32.2. The van der Waals surface area contributed by atoms with Gasteiger partial charge < -0.3 is 5.32 Å². The fourth-order valence-corrected chi connectivity index (χ4v) is 3.80. The molecule has 0 bridgehead atoms. The number of benzene rings is 1. The Bertz CT molecular complexity index is 558. The summed E-state index contributed by atoms with van der Waals surface area (Å²) in [6.45, 7) is 9.75. The van der Waals surface area contributed by atoms with Crippen molar-refractivity contribution in [2.45, 2.75) is 38.6 Å². The monoisotopic (exact) mass is 300 g/mol. The zero-order valence-electron chi connectivity index (χ0n) is 13.3. The Morgan fingerprint density at radius 2 is 1.71 bits per heavy atom. The standard InChI is InChI=1S/C18H24N2S/c1-5-20-17(12-21-16-6-8-19-9-7-16)18-14(3)10-13(2)11-15(18)4/h6-11,17,20H,5,12H2,1-4H3. The van der Waals surface area contributed by atoms with E-state index in [1.165, 1.54) is 27.1 Å². The summed E-state index contributed by atoms with van der Waals surface area (Å²) in [5.74, 6) is 1.03. The van der Waals surface area contributed by atoms with Gasteiger partial charge in [0.1, 0.15) is 0 Å². The third-order valence-corrected chi connectivity index (χ3v) is 4.71. The molecule has 0 fully saturated rings. The summed E-state index contributed by atoms with van der Waals surface area (Å²) in [6, 6.07) is 9.09. The second-order valence-electron chi connectivity index (χ2n) is 5.42. The van der Waals surface area contributed by atoms with Gasteiger partial charge in [0.05, 0.1) is 0 Å². The number of nitrogens with zero attached hydrogens (tertiary/aromatic N) is 1. The highest BCUT2D eigenvalue weighted by Crippen LogP contribution is 2.29. The third-order valence-electron chi connectivity index (χ3n) is 3.60. The molecule has 0 radical (unpaired) electrons. The van der Waals surface area contributed by atoms with E-state index in [1.807, 2.05) is 24.2 Å². The van der Waals surface area contributed by atoms with Gasteiger partial charge in [0.2, 0.25) is 0 Å². The smallest absolute Gasteiger partial charge is 0.0420 e. The molecule has 0 saturated carbocycles. The van der Waals surface area contributed by atoms with Gasteiger partial charge in [-0.05, 0) is 56.1 Å². The molecular weight excluding hydrogens is 276 g/mol. The van der Waals surface area contributed by atoms with Crippen LogP contribution in [0.2, 0.25) is 0 Å². The Morgan fingerprint density at radius 3 is 2.29 bits per heavy atom. The first kappa shape index (κ1) is 16.1. The van der Waals surface area contributed by atoms with Crippen LogP contribution in [0.1, 0.15) is 35.2 Å². The summed E-state index contributed by atoms with van der Waals surface area (Å²) < 4.78 is 0. The Hall–Kier alpha value is -1.32. The number of hydrogen-bond donors (Lipinski definition) is 1. The molecule has 1 aromatic heterocycles. The predicted octanol–water partition coefficient (Wildman–Crippen LogP) is 4.45. The van der Waals surface area contributed by atoms with Crippen LogP contribution in [0.3, 0.4) is 0 Å². The molecule has 2 aromatic rings. The van der Waals surface area contributed by atoms with E-state index < -0.39 is 0 Å². The number of aromatic nitrogens is 1. The molecule has 1 heterocycles. The number of pyridine rings is 1. The van der Waals surface area contributed by atoms with Gasteiger partial charge in [-0.25, -0.2) is 0 Å². The minimum absolute atomic E-state index is 0.383. The molecule has 1 atom stereocenters. The van der Waals surface area contributed by atoms with E-state index in [9.17, 15) is 0 Å². The van der Waals surface area contributed by atoms with E-state index in [1.54, 1.807) is 0 Å². The lowest BCUT2D eigenvalue weighted by Crippen LogP contribution is -2.24. The van der Waals surface area contributed by atoms with Crippen LogP contribution < -0.4 is 5.32 Å². The first-order valence-corrected chi connectivity index (χ1v) is 8.44. The lowest BCUT2D eigenvalue weighted by atomic mass is 9.95. The van der Waals surface area contributed by atoms with Crippen molar-refractivity contribution in [1.29, 1.82) is 0 Å². The molecule has 3 heteroatoms. The van der Waals surface area contributed by atoms with Crippen LogP contribution in [0.5, 0.6) is 0 Å². The summed E-state index contributed by atoms with van der Waals surface area (Å²) in [5.41, 5.74) is 5.55. The number of rotatable bonds is 6. The molecule has 0 amide bonds. The fraction of sp³-hybridized carbons (Fsp3) is 0.389. The van der Waals surface area contributed by atoms with Crippen molar-refractivity contribution in [2.24, 2.45) is 0 Å². The molecule has 0 saturated heterocycles. The Kier molecular flexibility index (Phi) is 5.83. The highest BCUT2D eigenvalue weighted by Gasteiger charge is 2.16. The second kappa shape index (κ2) is 7.62. The maximum atomic E-state index is 4.08. The zero-order chi connectivity index (χ0) is 15.2. The van der Waals surface area contributed by atoms with Crippen LogP contribution in [-0.4, -0.2) is 17.3 Å². The SMILES string of the molecule is CCNC(CSc1ccncc1)c1c(C)cc(C)cc1C. The van der Waals surface area contributed by atoms with Gasteiger partial charge in [0.15, 0.2) is 0 Å². The van der Waals surface area contributed by atoms with Gasteiger partial charge in [-0.15, -0.1) is 11.8 Å². The van der Waals surface area contributed by atoms with Gasteiger partial charge in [0, 0.05) is 29.1 Å². The number of aryl methyl sites for hydroxylation is 3. The van der Waals surface area contributed by atoms with Crippen molar-refractivity contribution in [2.75, 3.05) is 12.3 Å². The van der Waals surface area contributed by atoms with Crippen LogP contribution in [0, 0.1) is 20.8 Å². The molecule has 0 aliphatic rings. The summed E-state index contributed by atoms with van der Waals surface area (Å²) in [5, 5.41) is 3.63. The van der Waals surface area contributed by atoms with E-state index in [-0.39, 0.29) is 0 Å². The lowest BCUT2D eigenvalue weighted by Gasteiger charge is -2.23. The summed E-state index contributed by atoms with van der Waals surface area (Å²) >= 11 is 1.88. The van der Waals surface area contributed by atoms with Crippen LogP contribution in [0.4, 0.5) is 0 Å². The van der Waals surface area contributed by atoms with E-state index >= 15 is 0 Å². The van der Waals surface area contributed by atoms with Crippen LogP contribution in [0.25, 0.3) is 0 Å². The summed E-state index contributed by atoms with van der Waals surface area (Å²) in [4.78, 5) is 5.35. The average molecular weight is 300 g/mol. The van der Waals surface area contributed by atoms with Gasteiger partial charge >= 0.3 is 0 Å². The molecule has 2 nitrogen and oxygen atoms in total. The quantitative estimate of drug-likeness (QED) is 0.798. The third kappa shape index (κ3) is 4.32. The second-order valence-corrected chi connectivity index (χ2v) is 6.51. The largest absolute Gasteiger partial charge is 0.309 e. The van der Waals surface area contributed by atoms with Gasteiger partial charge in [0.25, 0.3) is 0 Å². The Morgan fingerprint density at radius 1 is 1.10 bits per heavy atom. The van der Waals surface area contributed by atoms with Crippen molar-refractivity contribution in [1.82, 2.24) is 10.3 Å². The molecule has 0 aliphatic carbocycles. The maximum absolute atomic E-state index is 4.08. The molecule has 1 unspecified atom stereocenters. The number of hydrogen-bond acceptors (Lipinski definition) is 3. The fourth-order valence-electron chi connectivity index (χ4n) is 2.85. The number of thioether (sulfide) groups is 1. The molecular formula is C18H24N2S. The van der Waals surface area contributed by atoms with E-state index in [4.69, 9.17) is 0 Å². The zero-order valence-corrected chi connectivity index (χ0v) is 14.1. The van der Waals surface area contributed by atoms with Crippen molar-refractivity contribution in [3.8, 4) is 0 Å². The van der Waals surface area contributed by atoms with E-state index in [2.05, 4.69) is 62.3 Å². The molecule has 1 aromatic carbocycles. The number of nitrogens with one attached hydrogen (secondary N) is 1. The van der Waals surface area contributed by atoms with Crippen LogP contribution >= 0.6 is 11.8 Å². The molecule has 21 heavy (non-hydrogen) atoms. The Labute approximate surface area is 132 Å². The van der Waals surface area contributed by atoms with E-state index in [0.717, 1.165) is 12.3 Å². The molecule has 0 aliphatic heterocycles. The topological polar surface area (TPSA) is 24.9 Å². The molecule has 0 spiro atoms. The van der Waals surface area contributed by atoms with Crippen LogP contribution in [0.15, 0.2) is 41.6 Å². The van der Waals surface area contributed by atoms with Crippen molar-refractivity contribution in [3.05, 3.63) is 58.9 Å². The normalized spacial score (nSPS) is 12.4. The first-order valence-electron chi connectivity index (χ1n) is 7.45. The summed E-state index contributed by atoms with van der Waals surface area (Å²) in [6.07, 6.45) is 3.71. The van der Waals surface area contributed by atoms with Gasteiger partial charge in [-0.3, -0.25) is 4.98 Å². The summed E-state index contributed by atoms with van der Waals surface area (Å²) in [7, 11) is 0.